The van der Waals surface area contributed by atoms with Crippen LogP contribution in [0.2, 0.25) is 0 Å². The lowest BCUT2D eigenvalue weighted by molar-refractivity contribution is -0.0641. The topological polar surface area (TPSA) is 23.5 Å². The highest BCUT2D eigenvalue weighted by Crippen LogP contribution is 2.40. The number of nitrogens with zero attached hydrogens (tertiary/aromatic N) is 1. The fourth-order valence-electron chi connectivity index (χ4n) is 4.91. The summed E-state index contributed by atoms with van der Waals surface area (Å²) >= 11 is 0. The fourth-order valence-corrected chi connectivity index (χ4v) is 4.91. The molecule has 2 nitrogen and oxygen atoms in total. The SMILES string of the molecule is CC(C)C[C@H](C)N(Cc1ccccc1)C(C)(C)[C@@H]1CC[C@@H](C)C[C@H]1O. The Hall–Kier alpha value is -0.860. The van der Waals surface area contributed by atoms with Crippen LogP contribution in [-0.4, -0.2) is 27.7 Å². The third-order valence-electron chi connectivity index (χ3n) is 6.27. The molecule has 1 fully saturated rings. The molecule has 1 aromatic rings. The van der Waals surface area contributed by atoms with E-state index in [-0.39, 0.29) is 11.6 Å². The van der Waals surface area contributed by atoms with Crippen molar-refractivity contribution in [2.75, 3.05) is 0 Å². The van der Waals surface area contributed by atoms with E-state index in [2.05, 4.69) is 76.8 Å². The van der Waals surface area contributed by atoms with Crippen molar-refractivity contribution in [3.8, 4) is 0 Å². The Morgan fingerprint density at radius 3 is 2.32 bits per heavy atom. The second-order valence-corrected chi connectivity index (χ2v) is 9.34. The van der Waals surface area contributed by atoms with Crippen molar-refractivity contribution in [1.29, 1.82) is 0 Å². The van der Waals surface area contributed by atoms with Crippen molar-refractivity contribution < 1.29 is 5.11 Å². The van der Waals surface area contributed by atoms with Gasteiger partial charge in [-0.25, -0.2) is 0 Å². The molecule has 4 atom stereocenters. The smallest absolute Gasteiger partial charge is 0.0588 e. The molecule has 2 rings (SSSR count). The van der Waals surface area contributed by atoms with Gasteiger partial charge in [-0.2, -0.15) is 0 Å². The fraction of sp³-hybridized carbons (Fsp3) is 0.739. The predicted octanol–water partition coefficient (Wildman–Crippen LogP) is 5.50. The maximum atomic E-state index is 10.8. The summed E-state index contributed by atoms with van der Waals surface area (Å²) in [6.45, 7) is 14.9. The van der Waals surface area contributed by atoms with Crippen molar-refractivity contribution in [3.05, 3.63) is 35.9 Å². The molecule has 0 amide bonds. The first-order valence-corrected chi connectivity index (χ1v) is 10.2. The van der Waals surface area contributed by atoms with Gasteiger partial charge in [0, 0.05) is 24.0 Å². The molecule has 0 radical (unpaired) electrons. The van der Waals surface area contributed by atoms with Gasteiger partial charge < -0.3 is 5.11 Å². The Bertz CT molecular complexity index is 510. The number of hydrogen-bond acceptors (Lipinski definition) is 2. The average molecular weight is 346 g/mol. The van der Waals surface area contributed by atoms with Gasteiger partial charge in [-0.3, -0.25) is 4.90 Å². The van der Waals surface area contributed by atoms with Gasteiger partial charge in [0.25, 0.3) is 0 Å². The maximum absolute atomic E-state index is 10.8. The molecule has 25 heavy (non-hydrogen) atoms. The molecule has 0 heterocycles. The Balaban J connectivity index is 2.25. The van der Waals surface area contributed by atoms with Crippen LogP contribution in [0.5, 0.6) is 0 Å². The first-order chi connectivity index (χ1) is 11.7. The third kappa shape index (κ3) is 5.31. The minimum atomic E-state index is -0.178. The number of aliphatic hydroxyl groups is 1. The van der Waals surface area contributed by atoms with E-state index in [0.717, 1.165) is 19.4 Å². The first kappa shape index (κ1) is 20.5. The minimum Gasteiger partial charge on any atom is -0.393 e. The maximum Gasteiger partial charge on any atom is 0.0588 e. The molecule has 0 saturated heterocycles. The molecule has 0 bridgehead atoms. The van der Waals surface area contributed by atoms with Crippen molar-refractivity contribution >= 4 is 0 Å². The molecule has 1 aromatic carbocycles. The summed E-state index contributed by atoms with van der Waals surface area (Å²) in [5.41, 5.74) is 1.36. The van der Waals surface area contributed by atoms with E-state index in [1.54, 1.807) is 0 Å². The summed E-state index contributed by atoms with van der Waals surface area (Å²) in [6.07, 6.45) is 4.34. The van der Waals surface area contributed by atoms with E-state index < -0.39 is 0 Å². The third-order valence-corrected chi connectivity index (χ3v) is 6.27. The lowest BCUT2D eigenvalue weighted by Gasteiger charge is -2.51. The van der Waals surface area contributed by atoms with E-state index in [4.69, 9.17) is 0 Å². The van der Waals surface area contributed by atoms with Gasteiger partial charge in [-0.05, 0) is 57.4 Å². The van der Waals surface area contributed by atoms with Crippen LogP contribution in [-0.2, 0) is 6.54 Å². The number of benzene rings is 1. The molecule has 1 N–H and O–H groups in total. The summed E-state index contributed by atoms with van der Waals surface area (Å²) in [7, 11) is 0. The van der Waals surface area contributed by atoms with Gasteiger partial charge in [0.2, 0.25) is 0 Å². The Morgan fingerprint density at radius 1 is 1.12 bits per heavy atom. The Kier molecular flexibility index (Phi) is 7.10. The number of rotatable bonds is 7. The molecule has 1 saturated carbocycles. The van der Waals surface area contributed by atoms with Gasteiger partial charge in [-0.15, -0.1) is 0 Å². The molecule has 0 unspecified atom stereocenters. The number of aliphatic hydroxyl groups excluding tert-OH is 1. The summed E-state index contributed by atoms with van der Waals surface area (Å²) in [5, 5.41) is 10.8. The molecular formula is C23H39NO. The van der Waals surface area contributed by atoms with Crippen LogP contribution < -0.4 is 0 Å². The lowest BCUT2D eigenvalue weighted by atomic mass is 9.70. The largest absolute Gasteiger partial charge is 0.393 e. The standard InChI is InChI=1S/C23H39NO/c1-17(2)14-19(4)24(16-20-10-8-7-9-11-20)23(5,6)21-13-12-18(3)15-22(21)25/h7-11,17-19,21-22,25H,12-16H2,1-6H3/t18-,19+,21-,22-/m1/s1. The van der Waals surface area contributed by atoms with E-state index >= 15 is 0 Å². The molecule has 2 heteroatoms. The van der Waals surface area contributed by atoms with Gasteiger partial charge in [0.05, 0.1) is 6.10 Å². The zero-order valence-electron chi connectivity index (χ0n) is 17.2. The van der Waals surface area contributed by atoms with Crippen molar-refractivity contribution in [2.24, 2.45) is 17.8 Å². The summed E-state index contributed by atoms with van der Waals surface area (Å²) < 4.78 is 0. The molecule has 1 aliphatic rings. The van der Waals surface area contributed by atoms with Gasteiger partial charge in [0.1, 0.15) is 0 Å². The second kappa shape index (κ2) is 8.68. The van der Waals surface area contributed by atoms with E-state index in [1.165, 1.54) is 18.4 Å². The minimum absolute atomic E-state index is 0.0102. The quantitative estimate of drug-likeness (QED) is 0.705. The van der Waals surface area contributed by atoms with E-state index in [0.29, 0.717) is 23.8 Å². The monoisotopic (exact) mass is 345 g/mol. The van der Waals surface area contributed by atoms with Crippen LogP contribution in [0, 0.1) is 17.8 Å². The zero-order chi connectivity index (χ0) is 18.6. The van der Waals surface area contributed by atoms with Crippen molar-refractivity contribution in [2.45, 2.75) is 91.5 Å². The Labute approximate surface area is 155 Å². The van der Waals surface area contributed by atoms with Crippen LogP contribution in [0.15, 0.2) is 30.3 Å². The zero-order valence-corrected chi connectivity index (χ0v) is 17.2. The lowest BCUT2D eigenvalue weighted by Crippen LogP contribution is -2.57. The first-order valence-electron chi connectivity index (χ1n) is 10.2. The summed E-state index contributed by atoms with van der Waals surface area (Å²) in [5.74, 6) is 1.68. The van der Waals surface area contributed by atoms with Crippen LogP contribution >= 0.6 is 0 Å². The van der Waals surface area contributed by atoms with Crippen LogP contribution in [0.4, 0.5) is 0 Å². The molecule has 0 spiro atoms. The molecule has 0 aromatic heterocycles. The molecular weight excluding hydrogens is 306 g/mol. The van der Waals surface area contributed by atoms with E-state index in [9.17, 15) is 5.11 Å². The van der Waals surface area contributed by atoms with Crippen molar-refractivity contribution in [1.82, 2.24) is 4.90 Å². The van der Waals surface area contributed by atoms with Crippen LogP contribution in [0.3, 0.4) is 0 Å². The summed E-state index contributed by atoms with van der Waals surface area (Å²) in [4.78, 5) is 2.66. The van der Waals surface area contributed by atoms with Gasteiger partial charge in [0.15, 0.2) is 0 Å². The van der Waals surface area contributed by atoms with Crippen LogP contribution in [0.1, 0.15) is 72.8 Å². The van der Waals surface area contributed by atoms with Gasteiger partial charge in [-0.1, -0.05) is 57.5 Å². The molecule has 0 aliphatic heterocycles. The second-order valence-electron chi connectivity index (χ2n) is 9.34. The molecule has 1 aliphatic carbocycles. The highest BCUT2D eigenvalue weighted by Gasteiger charge is 2.43. The molecule has 142 valence electrons. The van der Waals surface area contributed by atoms with Crippen molar-refractivity contribution in [3.63, 3.8) is 0 Å². The Morgan fingerprint density at radius 2 is 1.76 bits per heavy atom. The highest BCUT2D eigenvalue weighted by molar-refractivity contribution is 5.15. The van der Waals surface area contributed by atoms with E-state index in [1.807, 2.05) is 0 Å². The predicted molar refractivity (Wildman–Crippen MR) is 107 cm³/mol. The normalized spacial score (nSPS) is 26.2. The summed E-state index contributed by atoms with van der Waals surface area (Å²) in [6, 6.07) is 11.3. The van der Waals surface area contributed by atoms with Gasteiger partial charge >= 0.3 is 0 Å². The highest BCUT2D eigenvalue weighted by atomic mass is 16.3. The van der Waals surface area contributed by atoms with Crippen LogP contribution in [0.25, 0.3) is 0 Å². The average Bonchev–Trinajstić information content (AvgIpc) is 2.52. The number of hydrogen-bond donors (Lipinski definition) is 1.